The lowest BCUT2D eigenvalue weighted by Crippen LogP contribution is -2.39. The molecule has 0 saturated carbocycles. The van der Waals surface area contributed by atoms with Gasteiger partial charge < -0.3 is 13.8 Å². The van der Waals surface area contributed by atoms with Crippen molar-refractivity contribution in [3.8, 4) is 11.5 Å². The van der Waals surface area contributed by atoms with E-state index in [4.69, 9.17) is 20.5 Å². The monoisotopic (exact) mass is 541 g/mol. The highest BCUT2D eigenvalue weighted by atomic mass is 35.5. The third kappa shape index (κ3) is 4.46. The van der Waals surface area contributed by atoms with Gasteiger partial charge in [-0.15, -0.1) is 0 Å². The molecule has 0 spiro atoms. The van der Waals surface area contributed by atoms with Crippen LogP contribution in [0.4, 0.5) is 0 Å². The van der Waals surface area contributed by atoms with Gasteiger partial charge in [0.2, 0.25) is 5.75 Å². The summed E-state index contributed by atoms with van der Waals surface area (Å²) < 4.78 is 36.7. The summed E-state index contributed by atoms with van der Waals surface area (Å²) in [6.45, 7) is 2.71. The molecule has 2 aromatic rings. The molecule has 9 heteroatoms. The van der Waals surface area contributed by atoms with Gasteiger partial charge in [0.25, 0.3) is 0 Å². The molecule has 0 bridgehead atoms. The van der Waals surface area contributed by atoms with Gasteiger partial charge in [-0.05, 0) is 62.4 Å². The van der Waals surface area contributed by atoms with E-state index in [2.05, 4.69) is 4.90 Å². The topological polar surface area (TPSA) is 90.0 Å². The number of halogens is 1. The lowest BCUT2D eigenvalue weighted by atomic mass is 9.71. The zero-order valence-corrected chi connectivity index (χ0v) is 22.3. The summed E-state index contributed by atoms with van der Waals surface area (Å²) in [7, 11) is -2.78. The summed E-state index contributed by atoms with van der Waals surface area (Å²) in [5, 5.41) is 0.0163. The number of rotatable bonds is 6. The van der Waals surface area contributed by atoms with Crippen molar-refractivity contribution in [2.75, 3.05) is 13.7 Å². The van der Waals surface area contributed by atoms with E-state index < -0.39 is 16.0 Å². The molecule has 0 aromatic heterocycles. The van der Waals surface area contributed by atoms with Crippen LogP contribution in [0.1, 0.15) is 56.9 Å². The predicted molar refractivity (Wildman–Crippen MR) is 139 cm³/mol. The van der Waals surface area contributed by atoms with Crippen molar-refractivity contribution in [1.82, 2.24) is 4.90 Å². The highest BCUT2D eigenvalue weighted by Gasteiger charge is 2.43. The third-order valence-corrected chi connectivity index (χ3v) is 8.73. The van der Waals surface area contributed by atoms with E-state index in [1.165, 1.54) is 19.2 Å². The van der Waals surface area contributed by atoms with Crippen LogP contribution in [0.2, 0.25) is 5.02 Å². The molecule has 0 fully saturated rings. The van der Waals surface area contributed by atoms with E-state index in [0.29, 0.717) is 36.1 Å². The Morgan fingerprint density at radius 2 is 1.54 bits per heavy atom. The SMILES string of the molecule is CCN1C2=C(C(=O)CCC2)C(c2cc(Cl)c(OS(=O)(=O)c3ccccc3)c(OC)c2)C2=C1CCCC2=O. The number of nitrogens with zero attached hydrogens (tertiary/aromatic N) is 1. The molecule has 2 aliphatic carbocycles. The summed E-state index contributed by atoms with van der Waals surface area (Å²) in [6.07, 6.45) is 3.91. The molecular weight excluding hydrogens is 514 g/mol. The van der Waals surface area contributed by atoms with Gasteiger partial charge in [-0.25, -0.2) is 0 Å². The van der Waals surface area contributed by atoms with Gasteiger partial charge in [0.1, 0.15) is 4.90 Å². The van der Waals surface area contributed by atoms with Gasteiger partial charge in [-0.3, -0.25) is 9.59 Å². The van der Waals surface area contributed by atoms with Crippen LogP contribution in [-0.4, -0.2) is 38.5 Å². The Morgan fingerprint density at radius 1 is 0.946 bits per heavy atom. The summed E-state index contributed by atoms with van der Waals surface area (Å²) >= 11 is 6.62. The van der Waals surface area contributed by atoms with E-state index in [-0.39, 0.29) is 33.0 Å². The van der Waals surface area contributed by atoms with Gasteiger partial charge in [-0.1, -0.05) is 29.8 Å². The number of hydrogen-bond acceptors (Lipinski definition) is 7. The zero-order chi connectivity index (χ0) is 26.3. The first-order chi connectivity index (χ1) is 17.8. The number of ketones is 2. The quantitative estimate of drug-likeness (QED) is 0.443. The van der Waals surface area contributed by atoms with Gasteiger partial charge in [-0.2, -0.15) is 8.42 Å². The number of ether oxygens (including phenoxy) is 1. The summed E-state index contributed by atoms with van der Waals surface area (Å²) in [6, 6.07) is 11.0. The van der Waals surface area contributed by atoms with Gasteiger partial charge in [0.15, 0.2) is 17.3 Å². The molecule has 3 aliphatic rings. The van der Waals surface area contributed by atoms with Gasteiger partial charge >= 0.3 is 10.1 Å². The molecule has 0 unspecified atom stereocenters. The summed E-state index contributed by atoms with van der Waals surface area (Å²) in [4.78, 5) is 28.8. The number of carbonyl (C=O) groups excluding carboxylic acids is 2. The largest absolute Gasteiger partial charge is 0.493 e. The van der Waals surface area contributed by atoms with Crippen LogP contribution in [0.3, 0.4) is 0 Å². The van der Waals surface area contributed by atoms with Crippen LogP contribution in [-0.2, 0) is 19.7 Å². The molecule has 0 saturated heterocycles. The normalized spacial score (nSPS) is 18.6. The molecular formula is C28H28ClNO6S. The fraction of sp³-hybridized carbons (Fsp3) is 0.357. The second-order valence-corrected chi connectivity index (χ2v) is 11.3. The molecule has 7 nitrogen and oxygen atoms in total. The molecule has 194 valence electrons. The fourth-order valence-electron chi connectivity index (χ4n) is 5.66. The number of Topliss-reactive ketones (excluding diaryl/α,β-unsaturated/α-hetero) is 2. The van der Waals surface area contributed by atoms with Crippen LogP contribution in [0.15, 0.2) is 69.9 Å². The Hall–Kier alpha value is -3.10. The maximum absolute atomic E-state index is 13.3. The Labute approximate surface area is 221 Å². The number of hydrogen-bond donors (Lipinski definition) is 0. The minimum absolute atomic E-state index is 0.0163. The van der Waals surface area contributed by atoms with Crippen LogP contribution >= 0.6 is 11.6 Å². The Balaban J connectivity index is 1.65. The number of carbonyl (C=O) groups is 2. The molecule has 0 atom stereocenters. The lowest BCUT2D eigenvalue weighted by molar-refractivity contribution is -0.117. The first-order valence-electron chi connectivity index (χ1n) is 12.4. The minimum Gasteiger partial charge on any atom is -0.493 e. The zero-order valence-electron chi connectivity index (χ0n) is 20.8. The number of methoxy groups -OCH3 is 1. The van der Waals surface area contributed by atoms with Crippen molar-refractivity contribution in [1.29, 1.82) is 0 Å². The fourth-order valence-corrected chi connectivity index (χ4v) is 6.95. The minimum atomic E-state index is -4.17. The predicted octanol–water partition coefficient (Wildman–Crippen LogP) is 5.55. The van der Waals surface area contributed by atoms with Crippen molar-refractivity contribution in [3.63, 3.8) is 0 Å². The average Bonchev–Trinajstić information content (AvgIpc) is 2.89. The highest BCUT2D eigenvalue weighted by Crippen LogP contribution is 2.51. The first kappa shape index (κ1) is 25.5. The van der Waals surface area contributed by atoms with Crippen LogP contribution in [0, 0.1) is 0 Å². The summed E-state index contributed by atoms with van der Waals surface area (Å²) in [5.41, 5.74) is 3.81. The van der Waals surface area contributed by atoms with Crippen molar-refractivity contribution in [2.45, 2.75) is 56.3 Å². The van der Waals surface area contributed by atoms with Crippen molar-refractivity contribution < 1.29 is 26.9 Å². The van der Waals surface area contributed by atoms with Crippen LogP contribution < -0.4 is 8.92 Å². The maximum Gasteiger partial charge on any atom is 0.339 e. The molecule has 1 aliphatic heterocycles. The Morgan fingerprint density at radius 3 is 2.08 bits per heavy atom. The van der Waals surface area contributed by atoms with E-state index in [0.717, 1.165) is 37.1 Å². The Bertz CT molecular complexity index is 1400. The number of benzene rings is 2. The second-order valence-electron chi connectivity index (χ2n) is 9.34. The van der Waals surface area contributed by atoms with Crippen molar-refractivity contribution in [3.05, 3.63) is 75.6 Å². The molecule has 0 amide bonds. The van der Waals surface area contributed by atoms with Crippen LogP contribution in [0.5, 0.6) is 11.5 Å². The lowest BCUT2D eigenvalue weighted by Gasteiger charge is -2.43. The molecule has 0 radical (unpaired) electrons. The van der Waals surface area contributed by atoms with E-state index in [1.807, 2.05) is 6.92 Å². The van der Waals surface area contributed by atoms with Gasteiger partial charge in [0.05, 0.1) is 12.1 Å². The van der Waals surface area contributed by atoms with E-state index in [9.17, 15) is 18.0 Å². The molecule has 5 rings (SSSR count). The highest BCUT2D eigenvalue weighted by molar-refractivity contribution is 7.87. The van der Waals surface area contributed by atoms with Gasteiger partial charge in [0, 0.05) is 47.8 Å². The average molecular weight is 542 g/mol. The molecule has 1 heterocycles. The standard InChI is InChI=1S/C28H28ClNO6S/c1-3-30-20-11-7-13-22(31)26(20)25(27-21(30)12-8-14-23(27)32)17-15-19(29)28(24(16-17)35-2)36-37(33,34)18-9-5-4-6-10-18/h4-6,9-10,15-16,25H,3,7-8,11-14H2,1-2H3. The van der Waals surface area contributed by atoms with Crippen molar-refractivity contribution in [2.24, 2.45) is 0 Å². The van der Waals surface area contributed by atoms with Crippen molar-refractivity contribution >= 4 is 33.3 Å². The summed E-state index contributed by atoms with van der Waals surface area (Å²) in [5.74, 6) is -0.570. The third-order valence-electron chi connectivity index (χ3n) is 7.21. The van der Waals surface area contributed by atoms with E-state index >= 15 is 0 Å². The van der Waals surface area contributed by atoms with Crippen LogP contribution in [0.25, 0.3) is 0 Å². The van der Waals surface area contributed by atoms with E-state index in [1.54, 1.807) is 30.3 Å². The maximum atomic E-state index is 13.3. The smallest absolute Gasteiger partial charge is 0.339 e. The molecule has 0 N–H and O–H groups in total. The first-order valence-corrected chi connectivity index (χ1v) is 14.2. The molecule has 2 aromatic carbocycles. The number of allylic oxidation sites excluding steroid dienone is 4. The second kappa shape index (κ2) is 9.99. The molecule has 37 heavy (non-hydrogen) atoms. The Kier molecular flexibility index (Phi) is 6.89.